The average Bonchev–Trinajstić information content (AvgIpc) is 3.00. The molecule has 0 aromatic heterocycles. The second-order valence-corrected chi connectivity index (χ2v) is 11.3. The molecule has 0 bridgehead atoms. The Morgan fingerprint density at radius 3 is 2.56 bits per heavy atom. The molecule has 27 heavy (non-hydrogen) atoms. The van der Waals surface area contributed by atoms with Gasteiger partial charge in [-0.2, -0.15) is 13.2 Å². The van der Waals surface area contributed by atoms with Gasteiger partial charge in [0.05, 0.1) is 21.3 Å². The van der Waals surface area contributed by atoms with E-state index < -0.39 is 18.2 Å². The molecule has 1 aliphatic heterocycles. The first-order valence-electron chi connectivity index (χ1n) is 9.53. The number of aliphatic hydroxyl groups is 2. The zero-order valence-electron chi connectivity index (χ0n) is 15.0. The van der Waals surface area contributed by atoms with Crippen molar-refractivity contribution >= 4 is 35.3 Å². The molecule has 0 amide bonds. The van der Waals surface area contributed by atoms with Crippen molar-refractivity contribution in [2.75, 3.05) is 6.61 Å². The smallest absolute Gasteiger partial charge is 0.394 e. The summed E-state index contributed by atoms with van der Waals surface area (Å²) in [6.07, 6.45) is 0.971. The predicted octanol–water partition coefficient (Wildman–Crippen LogP) is 4.88. The van der Waals surface area contributed by atoms with Crippen molar-refractivity contribution in [3.05, 3.63) is 11.8 Å². The van der Waals surface area contributed by atoms with Crippen LogP contribution in [0, 0.1) is 23.7 Å². The van der Waals surface area contributed by atoms with Crippen LogP contribution in [0.5, 0.6) is 0 Å². The molecule has 0 aromatic carbocycles. The normalized spacial score (nSPS) is 40.7. The molecule has 5 atom stereocenters. The Balaban J connectivity index is 1.45. The van der Waals surface area contributed by atoms with Gasteiger partial charge in [0.1, 0.15) is 0 Å². The van der Waals surface area contributed by atoms with Crippen LogP contribution in [-0.2, 0) is 0 Å². The fourth-order valence-corrected chi connectivity index (χ4v) is 7.88. The van der Waals surface area contributed by atoms with E-state index in [0.717, 1.165) is 32.1 Å². The summed E-state index contributed by atoms with van der Waals surface area (Å²) in [4.78, 5) is 0. The van der Waals surface area contributed by atoms with Gasteiger partial charge in [0.25, 0.3) is 0 Å². The fraction of sp³-hybridized carbons (Fsp3) is 0.889. The van der Waals surface area contributed by atoms with E-state index in [1.54, 1.807) is 17.8 Å². The van der Waals surface area contributed by atoms with E-state index in [1.165, 1.54) is 11.9 Å². The number of nitrogens with one attached hydrogen (secondary N) is 1. The van der Waals surface area contributed by atoms with Gasteiger partial charge in [0, 0.05) is 18.7 Å². The summed E-state index contributed by atoms with van der Waals surface area (Å²) in [6, 6.07) is 0. The standard InChI is InChI=1S/C18H27ClF3NO2S2/c19-17-13(11-3-1-10(9-24)2-4-11)8-16(26-17)27-23-12-5-6-14(15(25)7-12)18(20,21)22/h5,10-11,13-17,23-25H,1-4,6-9H2. The van der Waals surface area contributed by atoms with E-state index in [2.05, 4.69) is 4.72 Å². The van der Waals surface area contributed by atoms with Crippen molar-refractivity contribution < 1.29 is 23.4 Å². The van der Waals surface area contributed by atoms with Crippen LogP contribution < -0.4 is 4.72 Å². The van der Waals surface area contributed by atoms with Crippen LogP contribution in [0.1, 0.15) is 44.9 Å². The highest BCUT2D eigenvalue weighted by molar-refractivity contribution is 8.17. The lowest BCUT2D eigenvalue weighted by Crippen LogP contribution is -2.37. The third-order valence-corrected chi connectivity index (χ3v) is 9.29. The van der Waals surface area contributed by atoms with Crippen LogP contribution in [0.15, 0.2) is 11.8 Å². The molecule has 1 heterocycles. The minimum Gasteiger partial charge on any atom is -0.396 e. The van der Waals surface area contributed by atoms with Crippen molar-refractivity contribution in [3.8, 4) is 0 Å². The lowest BCUT2D eigenvalue weighted by Gasteiger charge is -2.32. The average molecular weight is 446 g/mol. The van der Waals surface area contributed by atoms with E-state index >= 15 is 0 Å². The van der Waals surface area contributed by atoms with E-state index in [1.807, 2.05) is 0 Å². The Labute approximate surface area is 172 Å². The molecular formula is C18H27ClF3NO2S2. The highest BCUT2D eigenvalue weighted by Crippen LogP contribution is 2.51. The first-order valence-corrected chi connectivity index (χ1v) is 11.8. The van der Waals surface area contributed by atoms with Crippen molar-refractivity contribution in [2.24, 2.45) is 23.7 Å². The molecule has 2 fully saturated rings. The lowest BCUT2D eigenvalue weighted by molar-refractivity contribution is -0.200. The van der Waals surface area contributed by atoms with Gasteiger partial charge in [-0.1, -0.05) is 6.08 Å². The zero-order chi connectivity index (χ0) is 19.6. The third-order valence-electron chi connectivity index (χ3n) is 6.09. The molecule has 1 saturated carbocycles. The maximum absolute atomic E-state index is 12.8. The van der Waals surface area contributed by atoms with Gasteiger partial charge >= 0.3 is 6.18 Å². The highest BCUT2D eigenvalue weighted by Gasteiger charge is 2.45. The van der Waals surface area contributed by atoms with Crippen molar-refractivity contribution in [3.63, 3.8) is 0 Å². The van der Waals surface area contributed by atoms with E-state index in [4.69, 9.17) is 11.6 Å². The second kappa shape index (κ2) is 9.37. The highest BCUT2D eigenvalue weighted by atomic mass is 35.5. The molecular weight excluding hydrogens is 419 g/mol. The van der Waals surface area contributed by atoms with Crippen LogP contribution in [0.2, 0.25) is 0 Å². The topological polar surface area (TPSA) is 52.5 Å². The fourth-order valence-electron chi connectivity index (χ4n) is 4.37. The largest absolute Gasteiger partial charge is 0.396 e. The van der Waals surface area contributed by atoms with Crippen LogP contribution >= 0.6 is 35.3 Å². The Kier molecular flexibility index (Phi) is 7.61. The van der Waals surface area contributed by atoms with Crippen molar-refractivity contribution in [1.82, 2.24) is 4.72 Å². The minimum atomic E-state index is -4.36. The van der Waals surface area contributed by atoms with Gasteiger partial charge in [-0.05, 0) is 68.2 Å². The van der Waals surface area contributed by atoms with Gasteiger partial charge in [-0.15, -0.1) is 23.4 Å². The number of allylic oxidation sites excluding steroid dienone is 1. The molecule has 0 spiro atoms. The summed E-state index contributed by atoms with van der Waals surface area (Å²) in [5.41, 5.74) is 0.673. The van der Waals surface area contributed by atoms with Crippen LogP contribution in [-0.4, -0.2) is 38.4 Å². The van der Waals surface area contributed by atoms with Crippen LogP contribution in [0.3, 0.4) is 0 Å². The molecule has 5 unspecified atom stereocenters. The third kappa shape index (κ3) is 5.65. The Bertz CT molecular complexity index is 529. The molecule has 3 N–H and O–H groups in total. The maximum atomic E-state index is 12.8. The van der Waals surface area contributed by atoms with Crippen molar-refractivity contribution in [1.29, 1.82) is 0 Å². The minimum absolute atomic E-state index is 0.00741. The first-order chi connectivity index (χ1) is 12.8. The Hall–Kier alpha value is 0.240. The van der Waals surface area contributed by atoms with Crippen LogP contribution in [0.25, 0.3) is 0 Å². The predicted molar refractivity (Wildman–Crippen MR) is 105 cm³/mol. The van der Waals surface area contributed by atoms with Gasteiger partial charge < -0.3 is 14.9 Å². The van der Waals surface area contributed by atoms with Gasteiger partial charge in [-0.3, -0.25) is 0 Å². The molecule has 3 aliphatic rings. The number of aliphatic hydroxyl groups excluding tert-OH is 2. The first kappa shape index (κ1) is 21.9. The van der Waals surface area contributed by atoms with Crippen molar-refractivity contribution in [2.45, 2.75) is 66.5 Å². The molecule has 2 aliphatic carbocycles. The molecule has 0 radical (unpaired) electrons. The van der Waals surface area contributed by atoms with E-state index in [9.17, 15) is 23.4 Å². The second-order valence-electron chi connectivity index (χ2n) is 7.88. The Morgan fingerprint density at radius 2 is 1.96 bits per heavy atom. The van der Waals surface area contributed by atoms with Gasteiger partial charge in [-0.25, -0.2) is 0 Å². The molecule has 0 aromatic rings. The summed E-state index contributed by atoms with van der Waals surface area (Å²) >= 11 is 9.80. The quantitative estimate of drug-likeness (QED) is 0.415. The maximum Gasteiger partial charge on any atom is 0.394 e. The molecule has 3 nitrogen and oxygen atoms in total. The van der Waals surface area contributed by atoms with Crippen LogP contribution in [0.4, 0.5) is 13.2 Å². The van der Waals surface area contributed by atoms with Gasteiger partial charge in [0.2, 0.25) is 0 Å². The molecule has 1 saturated heterocycles. The number of hydrogen-bond acceptors (Lipinski definition) is 5. The Morgan fingerprint density at radius 1 is 1.26 bits per heavy atom. The number of rotatable bonds is 5. The number of hydrogen-bond donors (Lipinski definition) is 3. The van der Waals surface area contributed by atoms with E-state index in [0.29, 0.717) is 23.5 Å². The van der Waals surface area contributed by atoms with E-state index in [-0.39, 0.29) is 28.7 Å². The summed E-state index contributed by atoms with van der Waals surface area (Å²) in [7, 11) is 0. The molecule has 3 rings (SSSR count). The zero-order valence-corrected chi connectivity index (χ0v) is 17.4. The summed E-state index contributed by atoms with van der Waals surface area (Å²) in [5, 5.41) is 19.1. The molecule has 9 heteroatoms. The number of thioether (sulfide) groups is 1. The summed E-state index contributed by atoms with van der Waals surface area (Å²) in [5.74, 6) is -0.200. The lowest BCUT2D eigenvalue weighted by atomic mass is 9.76. The summed E-state index contributed by atoms with van der Waals surface area (Å²) < 4.78 is 41.9. The monoisotopic (exact) mass is 445 g/mol. The SMILES string of the molecule is OCC1CCC(C2CC(SNC3=CCC(C(F)(F)F)C(O)C3)SC2Cl)CC1. The number of halogens is 4. The van der Waals surface area contributed by atoms with Gasteiger partial charge in [0.15, 0.2) is 0 Å². The summed E-state index contributed by atoms with van der Waals surface area (Å²) in [6.45, 7) is 0.273. The molecule has 156 valence electrons. The number of alkyl halides is 4.